The molecular formula is C52H85N4O15P. The number of amides is 1. The summed E-state index contributed by atoms with van der Waals surface area (Å²) < 4.78 is 54.8. The molecule has 0 bridgehead atoms. The second-order valence-corrected chi connectivity index (χ2v) is 21.8. The molecular weight excluding hydrogens is 952 g/mol. The van der Waals surface area contributed by atoms with Gasteiger partial charge >= 0.3 is 7.82 Å². The van der Waals surface area contributed by atoms with Gasteiger partial charge in [0.05, 0.1) is 49.2 Å². The van der Waals surface area contributed by atoms with Crippen LogP contribution in [0, 0.1) is 34.5 Å². The van der Waals surface area contributed by atoms with Crippen LogP contribution in [-0.4, -0.2) is 161 Å². The predicted molar refractivity (Wildman–Crippen MR) is 272 cm³/mol. The first-order valence-electron chi connectivity index (χ1n) is 24.6. The van der Waals surface area contributed by atoms with E-state index in [1.807, 2.05) is 84.9 Å². The predicted octanol–water partition coefficient (Wildman–Crippen LogP) is 5.73. The van der Waals surface area contributed by atoms with E-state index in [4.69, 9.17) is 37.9 Å². The molecule has 1 spiro atoms. The number of phosphoric ester groups is 1. The van der Waals surface area contributed by atoms with Gasteiger partial charge in [-0.3, -0.25) is 9.32 Å². The maximum Gasteiger partial charge on any atom is 0.469 e. The molecule has 0 radical (unpaired) electrons. The number of nitriles is 1. The van der Waals surface area contributed by atoms with E-state index in [9.17, 15) is 39.6 Å². The molecule has 19 nitrogen and oxygen atoms in total. The Balaban J connectivity index is 1.78. The van der Waals surface area contributed by atoms with Gasteiger partial charge in [-0.15, -0.1) is 0 Å². The van der Waals surface area contributed by atoms with Gasteiger partial charge in [-0.2, -0.15) is 5.26 Å². The standard InChI is InChI=1S/C52H85N4O15P/c1-30(22-23-53)18-16-19-31(2)32(3)24-33(4)44(58)37(8)42(66-14)26-43(67-15)47-48(71-72(62,63)64)51(9,10)52(70-47)27-40(57)36(7)41(69-52)21-17-20-38-28-68-50(55-38)34(5)25-35(6)54-49(61)46(60)45(59)39(29-65-13)56(11)12/h16-20,22,24,28,33-37,39-48,57-60H,21,25-27,29H2,1-15H3,(H,54,61)(H2,62,63,64)/b18-16+,20-17+,30-22-,31-19-,32-24+/t33-,34+,35-,36+,37+,39+,40-,41+,42+,43+,44-,45+,46+,47-,48+,52-/m1/s1. The zero-order valence-electron chi connectivity index (χ0n) is 45.0. The van der Waals surface area contributed by atoms with Crippen molar-refractivity contribution in [2.75, 3.05) is 42.0 Å². The Bertz CT molecular complexity index is 2130. The number of allylic oxidation sites excluding steroid dienone is 7. The number of hydrogen-bond acceptors (Lipinski definition) is 16. The third-order valence-corrected chi connectivity index (χ3v) is 15.0. The molecule has 2 saturated heterocycles. The molecule has 1 aromatic rings. The molecule has 20 heteroatoms. The summed E-state index contributed by atoms with van der Waals surface area (Å²) >= 11 is 0. The summed E-state index contributed by atoms with van der Waals surface area (Å²) in [6, 6.07) is 1.00. The number of aliphatic hydroxyl groups excluding tert-OH is 4. The maximum atomic E-state index is 12.9. The summed E-state index contributed by atoms with van der Waals surface area (Å²) in [7, 11) is 2.76. The summed E-state index contributed by atoms with van der Waals surface area (Å²) in [6.45, 7) is 18.6. The van der Waals surface area contributed by atoms with Crippen molar-refractivity contribution < 1.29 is 72.2 Å². The Hall–Kier alpha value is -3.42. The minimum atomic E-state index is -5.13. The highest BCUT2D eigenvalue weighted by molar-refractivity contribution is 7.46. The average molecular weight is 1040 g/mol. The number of aliphatic hydroxyl groups is 4. The fourth-order valence-corrected chi connectivity index (χ4v) is 10.3. The summed E-state index contributed by atoms with van der Waals surface area (Å²) in [5.41, 5.74) is 2.02. The van der Waals surface area contributed by atoms with Crippen molar-refractivity contribution in [3.63, 3.8) is 0 Å². The lowest BCUT2D eigenvalue weighted by Gasteiger charge is -2.50. The third-order valence-electron chi connectivity index (χ3n) is 14.5. The molecule has 7 N–H and O–H groups in total. The van der Waals surface area contributed by atoms with Crippen molar-refractivity contribution in [2.24, 2.45) is 23.2 Å². The van der Waals surface area contributed by atoms with E-state index < -0.39 is 97.9 Å². The van der Waals surface area contributed by atoms with Crippen molar-refractivity contribution in [1.29, 1.82) is 5.26 Å². The number of carbonyl (C=O) groups is 1. The topological polar surface area (TPSA) is 276 Å². The number of likely N-dealkylation sites (N-methyl/N-ethyl adjacent to an activating group) is 1. The van der Waals surface area contributed by atoms with Crippen LogP contribution >= 0.6 is 7.82 Å². The van der Waals surface area contributed by atoms with E-state index in [1.54, 1.807) is 45.8 Å². The number of carbonyl (C=O) groups excluding carboxylic acids is 1. The monoisotopic (exact) mass is 1040 g/mol. The molecule has 2 aliphatic rings. The van der Waals surface area contributed by atoms with E-state index in [1.165, 1.54) is 33.7 Å². The van der Waals surface area contributed by atoms with Crippen LogP contribution in [0.15, 0.2) is 63.9 Å². The summed E-state index contributed by atoms with van der Waals surface area (Å²) in [6.07, 6.45) is 5.58. The Morgan fingerprint density at radius 3 is 2.29 bits per heavy atom. The number of nitrogens with zero attached hydrogens (tertiary/aromatic N) is 3. The van der Waals surface area contributed by atoms with Crippen molar-refractivity contribution >= 4 is 19.8 Å². The maximum absolute atomic E-state index is 12.9. The number of rotatable bonds is 27. The lowest BCUT2D eigenvalue weighted by atomic mass is 9.72. The minimum Gasteiger partial charge on any atom is -0.448 e. The largest absolute Gasteiger partial charge is 0.469 e. The fourth-order valence-electron chi connectivity index (χ4n) is 9.64. The molecule has 1 aromatic heterocycles. The minimum absolute atomic E-state index is 0.0332. The summed E-state index contributed by atoms with van der Waals surface area (Å²) in [5.74, 6) is -3.27. The number of oxazole rings is 1. The first-order chi connectivity index (χ1) is 33.6. The zero-order valence-corrected chi connectivity index (χ0v) is 45.9. The molecule has 72 heavy (non-hydrogen) atoms. The van der Waals surface area contributed by atoms with E-state index in [2.05, 4.69) is 10.3 Å². The van der Waals surface area contributed by atoms with Gasteiger partial charge in [-0.1, -0.05) is 77.5 Å². The molecule has 3 rings (SSSR count). The highest BCUT2D eigenvalue weighted by Crippen LogP contribution is 2.59. The van der Waals surface area contributed by atoms with Crippen LogP contribution < -0.4 is 5.32 Å². The molecule has 16 atom stereocenters. The highest BCUT2D eigenvalue weighted by Gasteiger charge is 2.68. The van der Waals surface area contributed by atoms with Gasteiger partial charge in [0, 0.05) is 75.4 Å². The lowest BCUT2D eigenvalue weighted by Crippen LogP contribution is -2.58. The zero-order chi connectivity index (χ0) is 54.5. The second kappa shape index (κ2) is 27.9. The summed E-state index contributed by atoms with van der Waals surface area (Å²) in [5, 5.41) is 56.2. The van der Waals surface area contributed by atoms with Gasteiger partial charge in [0.2, 0.25) is 0 Å². The van der Waals surface area contributed by atoms with Gasteiger partial charge in [0.25, 0.3) is 5.91 Å². The molecule has 408 valence electrons. The van der Waals surface area contributed by atoms with Gasteiger partial charge in [0.1, 0.15) is 30.3 Å². The van der Waals surface area contributed by atoms with E-state index in [-0.39, 0.29) is 43.6 Å². The third kappa shape index (κ3) is 16.8. The smallest absolute Gasteiger partial charge is 0.448 e. The number of aromatic nitrogens is 1. The van der Waals surface area contributed by atoms with E-state index >= 15 is 0 Å². The quantitative estimate of drug-likeness (QED) is 0.0315. The van der Waals surface area contributed by atoms with Gasteiger partial charge in [-0.25, -0.2) is 9.55 Å². The number of methoxy groups -OCH3 is 3. The molecule has 2 fully saturated rings. The van der Waals surface area contributed by atoms with Crippen LogP contribution in [-0.2, 0) is 37.6 Å². The number of nitrogens with one attached hydrogen (secondary N) is 1. The Kier molecular flexibility index (Phi) is 24.4. The van der Waals surface area contributed by atoms with E-state index in [0.29, 0.717) is 18.0 Å². The fraction of sp³-hybridized carbons (Fsp3) is 0.712. The van der Waals surface area contributed by atoms with Crippen LogP contribution in [0.1, 0.15) is 112 Å². The molecule has 0 unspecified atom stereocenters. The Labute approximate surface area is 427 Å². The lowest BCUT2D eigenvalue weighted by molar-refractivity contribution is -0.334. The average Bonchev–Trinajstić information content (AvgIpc) is 3.85. The summed E-state index contributed by atoms with van der Waals surface area (Å²) in [4.78, 5) is 39.7. The number of phosphoric acid groups is 1. The molecule has 0 saturated carbocycles. The van der Waals surface area contributed by atoms with Crippen LogP contribution in [0.5, 0.6) is 0 Å². The van der Waals surface area contributed by atoms with Crippen LogP contribution in [0.25, 0.3) is 6.08 Å². The first-order valence-corrected chi connectivity index (χ1v) is 26.2. The molecule has 0 aliphatic carbocycles. The van der Waals surface area contributed by atoms with Gasteiger partial charge < -0.3 is 68.5 Å². The molecule has 3 heterocycles. The first kappa shape index (κ1) is 62.9. The van der Waals surface area contributed by atoms with Crippen molar-refractivity contribution in [1.82, 2.24) is 15.2 Å². The Morgan fingerprint density at radius 2 is 1.71 bits per heavy atom. The van der Waals surface area contributed by atoms with Gasteiger partial charge in [0.15, 0.2) is 17.8 Å². The molecule has 0 aromatic carbocycles. The number of ether oxygens (including phenoxy) is 5. The highest BCUT2D eigenvalue weighted by atomic mass is 31.2. The molecule has 1 amide bonds. The second-order valence-electron chi connectivity index (χ2n) is 20.6. The van der Waals surface area contributed by atoms with E-state index in [0.717, 1.165) is 16.7 Å². The Morgan fingerprint density at radius 1 is 1.04 bits per heavy atom. The van der Waals surface area contributed by atoms with Crippen LogP contribution in [0.4, 0.5) is 0 Å². The number of hydrogen-bond donors (Lipinski definition) is 7. The van der Waals surface area contributed by atoms with Crippen LogP contribution in [0.3, 0.4) is 0 Å². The molecule has 2 aliphatic heterocycles. The van der Waals surface area contributed by atoms with Crippen molar-refractivity contribution in [3.05, 3.63) is 71.0 Å². The normalized spacial score (nSPS) is 27.6. The van der Waals surface area contributed by atoms with Crippen LogP contribution in [0.2, 0.25) is 0 Å². The van der Waals surface area contributed by atoms with Gasteiger partial charge in [-0.05, 0) is 71.9 Å². The van der Waals surface area contributed by atoms with Crippen molar-refractivity contribution in [3.8, 4) is 6.07 Å². The SMILES string of the molecule is COC[C@@H]([C@H](O)[C@H](O)C(=O)N[C@H](C)C[C@H](C)c1nc(/C=C/C[C@@H]2O[C@]3(C[C@@H](O)[C@@H]2C)O[C@H]([C@H](C[C@H](OC)[C@H](C)[C@H](O)[C@H](C)/C=C(C)/C(C)=C\C=C\C(C)=C/C#N)OC)[C@H](OP(=O)(O)O)C3(C)C)co1)N(C)C. The van der Waals surface area contributed by atoms with Crippen molar-refractivity contribution in [2.45, 2.75) is 174 Å².